The number of nitro groups is 1. The van der Waals surface area contributed by atoms with Crippen LogP contribution in [0.5, 0.6) is 0 Å². The normalized spacial score (nSPS) is 11.4. The summed E-state index contributed by atoms with van der Waals surface area (Å²) in [6.07, 6.45) is 1.04. The summed E-state index contributed by atoms with van der Waals surface area (Å²) in [6.45, 7) is 5.08. The summed E-state index contributed by atoms with van der Waals surface area (Å²) in [5.41, 5.74) is -0.968. The topological polar surface area (TPSA) is 88.9 Å². The fourth-order valence-electron chi connectivity index (χ4n) is 0.960. The number of ketones is 1. The lowest BCUT2D eigenvalue weighted by Crippen LogP contribution is -2.21. The number of H-pyrrole nitrogens is 1. The van der Waals surface area contributed by atoms with Crippen molar-refractivity contribution < 1.29 is 9.72 Å². The smallest absolute Gasteiger partial charge is 0.292 e. The fraction of sp³-hybridized carbons (Fsp3) is 0.500. The molecule has 0 bridgehead atoms. The molecular formula is C8H11N3O3. The highest BCUT2D eigenvalue weighted by molar-refractivity contribution is 6.01. The van der Waals surface area contributed by atoms with Gasteiger partial charge in [0.15, 0.2) is 11.5 Å². The SMILES string of the molecule is CC(C)(C)C(=O)c1[nH]ncc1[N+](=O)[O-]. The van der Waals surface area contributed by atoms with Gasteiger partial charge < -0.3 is 0 Å². The molecule has 6 nitrogen and oxygen atoms in total. The zero-order chi connectivity index (χ0) is 10.9. The van der Waals surface area contributed by atoms with E-state index < -0.39 is 10.3 Å². The quantitative estimate of drug-likeness (QED) is 0.442. The van der Waals surface area contributed by atoms with Gasteiger partial charge in [0.2, 0.25) is 0 Å². The van der Waals surface area contributed by atoms with Crippen molar-refractivity contribution in [1.82, 2.24) is 10.2 Å². The first-order valence-corrected chi connectivity index (χ1v) is 4.06. The maximum absolute atomic E-state index is 11.7. The van der Waals surface area contributed by atoms with E-state index in [4.69, 9.17) is 0 Å². The Morgan fingerprint density at radius 1 is 1.57 bits per heavy atom. The zero-order valence-corrected chi connectivity index (χ0v) is 8.20. The Labute approximate surface area is 80.5 Å². The predicted octanol–water partition coefficient (Wildman–Crippen LogP) is 1.55. The van der Waals surface area contributed by atoms with E-state index in [0.29, 0.717) is 0 Å². The van der Waals surface area contributed by atoms with E-state index in [1.54, 1.807) is 20.8 Å². The van der Waals surface area contributed by atoms with Gasteiger partial charge in [-0.1, -0.05) is 20.8 Å². The molecule has 0 spiro atoms. The van der Waals surface area contributed by atoms with Crippen LogP contribution in [0.25, 0.3) is 0 Å². The summed E-state index contributed by atoms with van der Waals surface area (Å²) in [7, 11) is 0. The molecule has 0 amide bonds. The number of aromatic amines is 1. The van der Waals surface area contributed by atoms with Crippen LogP contribution >= 0.6 is 0 Å². The number of Topliss-reactive ketones (excluding diaryl/α,β-unsaturated/α-hetero) is 1. The molecule has 0 atom stereocenters. The van der Waals surface area contributed by atoms with E-state index in [1.165, 1.54) is 0 Å². The van der Waals surface area contributed by atoms with Crippen LogP contribution in [0.3, 0.4) is 0 Å². The van der Waals surface area contributed by atoms with Crippen LogP contribution in [0.1, 0.15) is 31.3 Å². The summed E-state index contributed by atoms with van der Waals surface area (Å²) >= 11 is 0. The van der Waals surface area contributed by atoms with Crippen LogP contribution in [0.4, 0.5) is 5.69 Å². The average Bonchev–Trinajstić information content (AvgIpc) is 2.48. The monoisotopic (exact) mass is 197 g/mol. The van der Waals surface area contributed by atoms with Gasteiger partial charge in [0, 0.05) is 5.41 Å². The predicted molar refractivity (Wildman–Crippen MR) is 49.0 cm³/mol. The molecule has 0 aromatic carbocycles. The number of hydrogen-bond acceptors (Lipinski definition) is 4. The molecule has 14 heavy (non-hydrogen) atoms. The molecule has 0 radical (unpaired) electrons. The molecule has 0 aliphatic carbocycles. The third-order valence-electron chi connectivity index (χ3n) is 1.72. The molecule has 1 aromatic rings. The van der Waals surface area contributed by atoms with Crippen molar-refractivity contribution in [3.8, 4) is 0 Å². The van der Waals surface area contributed by atoms with E-state index >= 15 is 0 Å². The highest BCUT2D eigenvalue weighted by atomic mass is 16.6. The Bertz CT molecular complexity index is 375. The highest BCUT2D eigenvalue weighted by Gasteiger charge is 2.31. The number of rotatable bonds is 2. The van der Waals surface area contributed by atoms with Gasteiger partial charge in [-0.05, 0) is 0 Å². The van der Waals surface area contributed by atoms with Gasteiger partial charge in [0.1, 0.15) is 6.20 Å². The van der Waals surface area contributed by atoms with Gasteiger partial charge in [-0.25, -0.2) is 0 Å². The van der Waals surface area contributed by atoms with E-state index in [2.05, 4.69) is 10.2 Å². The van der Waals surface area contributed by atoms with Crippen LogP contribution in [0.2, 0.25) is 0 Å². The minimum Gasteiger partial charge on any atom is -0.292 e. The maximum atomic E-state index is 11.7. The number of nitrogens with zero attached hydrogens (tertiary/aromatic N) is 2. The number of hydrogen-bond donors (Lipinski definition) is 1. The summed E-state index contributed by atoms with van der Waals surface area (Å²) in [4.78, 5) is 21.6. The number of carbonyl (C=O) groups excluding carboxylic acids is 1. The largest absolute Gasteiger partial charge is 0.317 e. The second-order valence-corrected chi connectivity index (χ2v) is 3.97. The summed E-state index contributed by atoms with van der Waals surface area (Å²) in [5, 5.41) is 16.4. The third kappa shape index (κ3) is 1.78. The van der Waals surface area contributed by atoms with E-state index in [-0.39, 0.29) is 17.2 Å². The Morgan fingerprint density at radius 2 is 2.14 bits per heavy atom. The van der Waals surface area contributed by atoms with Crippen LogP contribution in [0, 0.1) is 15.5 Å². The summed E-state index contributed by atoms with van der Waals surface area (Å²) in [6, 6.07) is 0. The second-order valence-electron chi connectivity index (χ2n) is 3.97. The van der Waals surface area contributed by atoms with Gasteiger partial charge in [-0.3, -0.25) is 20.0 Å². The van der Waals surface area contributed by atoms with E-state index in [9.17, 15) is 14.9 Å². The van der Waals surface area contributed by atoms with Gasteiger partial charge >= 0.3 is 5.69 Å². The highest BCUT2D eigenvalue weighted by Crippen LogP contribution is 2.24. The second kappa shape index (κ2) is 3.21. The first-order valence-electron chi connectivity index (χ1n) is 4.06. The van der Waals surface area contributed by atoms with E-state index in [1.807, 2.05) is 0 Å². The van der Waals surface area contributed by atoms with Crippen molar-refractivity contribution >= 4 is 11.5 Å². The number of aromatic nitrogens is 2. The van der Waals surface area contributed by atoms with Crippen molar-refractivity contribution in [2.75, 3.05) is 0 Å². The molecule has 76 valence electrons. The van der Waals surface area contributed by atoms with Crippen molar-refractivity contribution in [2.24, 2.45) is 5.41 Å². The number of nitrogens with one attached hydrogen (secondary N) is 1. The minimum absolute atomic E-state index is 0.0394. The van der Waals surface area contributed by atoms with Crippen LogP contribution < -0.4 is 0 Å². The molecule has 0 unspecified atom stereocenters. The van der Waals surface area contributed by atoms with E-state index in [0.717, 1.165) is 6.20 Å². The number of carbonyl (C=O) groups is 1. The standard InChI is InChI=1S/C8H11N3O3/c1-8(2,3)7(12)6-5(11(13)14)4-9-10-6/h4H,1-3H3,(H,9,10). The summed E-state index contributed by atoms with van der Waals surface area (Å²) in [5.74, 6) is -0.318. The molecule has 6 heteroatoms. The Hall–Kier alpha value is -1.72. The first-order chi connectivity index (χ1) is 6.34. The molecule has 1 N–H and O–H groups in total. The van der Waals surface area contributed by atoms with Crippen LogP contribution in [-0.2, 0) is 0 Å². The lowest BCUT2D eigenvalue weighted by molar-refractivity contribution is -0.385. The third-order valence-corrected chi connectivity index (χ3v) is 1.72. The van der Waals surface area contributed by atoms with Crippen molar-refractivity contribution in [3.63, 3.8) is 0 Å². The molecule has 0 saturated carbocycles. The molecular weight excluding hydrogens is 186 g/mol. The van der Waals surface area contributed by atoms with Crippen molar-refractivity contribution in [3.05, 3.63) is 22.0 Å². The van der Waals surface area contributed by atoms with Crippen LogP contribution in [0.15, 0.2) is 6.20 Å². The van der Waals surface area contributed by atoms with Gasteiger partial charge in [0.25, 0.3) is 0 Å². The van der Waals surface area contributed by atoms with Gasteiger partial charge in [0.05, 0.1) is 4.92 Å². The molecule has 0 aliphatic rings. The minimum atomic E-state index is -0.655. The van der Waals surface area contributed by atoms with Crippen molar-refractivity contribution in [2.45, 2.75) is 20.8 Å². The Morgan fingerprint density at radius 3 is 2.57 bits per heavy atom. The Kier molecular flexibility index (Phi) is 2.37. The van der Waals surface area contributed by atoms with Gasteiger partial charge in [-0.2, -0.15) is 5.10 Å². The van der Waals surface area contributed by atoms with Gasteiger partial charge in [-0.15, -0.1) is 0 Å². The first kappa shape index (κ1) is 10.4. The lowest BCUT2D eigenvalue weighted by atomic mass is 9.89. The zero-order valence-electron chi connectivity index (χ0n) is 8.20. The molecule has 1 rings (SSSR count). The lowest BCUT2D eigenvalue weighted by Gasteiger charge is -2.14. The molecule has 0 fully saturated rings. The Balaban J connectivity index is 3.14. The molecule has 0 saturated heterocycles. The average molecular weight is 197 g/mol. The van der Waals surface area contributed by atoms with Crippen molar-refractivity contribution in [1.29, 1.82) is 0 Å². The molecule has 1 heterocycles. The van der Waals surface area contributed by atoms with Crippen LogP contribution in [-0.4, -0.2) is 20.9 Å². The molecule has 1 aromatic heterocycles. The summed E-state index contributed by atoms with van der Waals surface area (Å²) < 4.78 is 0. The maximum Gasteiger partial charge on any atom is 0.317 e. The fourth-order valence-corrected chi connectivity index (χ4v) is 0.960. The molecule has 0 aliphatic heterocycles.